The second-order valence-electron chi connectivity index (χ2n) is 4.90. The van der Waals surface area contributed by atoms with Gasteiger partial charge in [0.2, 0.25) is 5.43 Å². The highest BCUT2D eigenvalue weighted by molar-refractivity contribution is 5.77. The maximum absolute atomic E-state index is 13.0. The quantitative estimate of drug-likeness (QED) is 0.911. The molecule has 5 nitrogen and oxygen atoms in total. The van der Waals surface area contributed by atoms with Gasteiger partial charge in [-0.25, -0.2) is 4.39 Å². The van der Waals surface area contributed by atoms with Crippen molar-refractivity contribution in [2.24, 2.45) is 7.05 Å². The second kappa shape index (κ2) is 6.89. The van der Waals surface area contributed by atoms with E-state index in [0.717, 1.165) is 0 Å². The number of nitrogens with one attached hydrogen (secondary N) is 1. The molecule has 2 aromatic rings. The van der Waals surface area contributed by atoms with Gasteiger partial charge in [-0.1, -0.05) is 12.1 Å². The standard InChI is InChI=1S/C16H17FN2O3/c1-11-16(14(20)6-7-19(11)2)22-10-15(21)18-9-12-4-3-5-13(17)8-12/h3-8H,9-10H2,1-2H3,(H,18,21). The Kier molecular flexibility index (Phi) is 4.93. The van der Waals surface area contributed by atoms with E-state index in [1.807, 2.05) is 0 Å². The number of hydrogen-bond donors (Lipinski definition) is 1. The Balaban J connectivity index is 1.91. The second-order valence-corrected chi connectivity index (χ2v) is 4.90. The van der Waals surface area contributed by atoms with Crippen molar-refractivity contribution in [2.45, 2.75) is 13.5 Å². The summed E-state index contributed by atoms with van der Waals surface area (Å²) in [6.07, 6.45) is 1.63. The number of carbonyl (C=O) groups is 1. The highest BCUT2D eigenvalue weighted by Gasteiger charge is 2.09. The molecule has 1 aromatic carbocycles. The van der Waals surface area contributed by atoms with Crippen LogP contribution in [-0.4, -0.2) is 17.1 Å². The number of nitrogens with zero attached hydrogens (tertiary/aromatic N) is 1. The Morgan fingerprint density at radius 1 is 1.36 bits per heavy atom. The number of ether oxygens (including phenoxy) is 1. The normalized spacial score (nSPS) is 10.3. The van der Waals surface area contributed by atoms with Crippen LogP contribution in [0.2, 0.25) is 0 Å². The zero-order valence-electron chi connectivity index (χ0n) is 12.4. The summed E-state index contributed by atoms with van der Waals surface area (Å²) in [6.45, 7) is 1.67. The summed E-state index contributed by atoms with van der Waals surface area (Å²) in [4.78, 5) is 23.5. The molecule has 6 heteroatoms. The lowest BCUT2D eigenvalue weighted by Gasteiger charge is -2.11. The van der Waals surface area contributed by atoms with Gasteiger partial charge in [0.15, 0.2) is 12.4 Å². The van der Waals surface area contributed by atoms with E-state index >= 15 is 0 Å². The Hall–Kier alpha value is -2.63. The zero-order valence-corrected chi connectivity index (χ0v) is 12.4. The van der Waals surface area contributed by atoms with Crippen molar-refractivity contribution in [2.75, 3.05) is 6.61 Å². The minimum absolute atomic E-state index is 0.158. The van der Waals surface area contributed by atoms with E-state index < -0.39 is 0 Å². The fraction of sp³-hybridized carbons (Fsp3) is 0.250. The molecule has 0 saturated carbocycles. The van der Waals surface area contributed by atoms with E-state index in [4.69, 9.17) is 4.74 Å². The van der Waals surface area contributed by atoms with E-state index in [2.05, 4.69) is 5.32 Å². The molecule has 1 amide bonds. The fourth-order valence-corrected chi connectivity index (χ4v) is 1.92. The first-order chi connectivity index (χ1) is 10.5. The predicted octanol–water partition coefficient (Wildman–Crippen LogP) is 1.53. The van der Waals surface area contributed by atoms with Crippen LogP contribution in [0, 0.1) is 12.7 Å². The molecule has 1 aromatic heterocycles. The van der Waals surface area contributed by atoms with Gasteiger partial charge in [-0.05, 0) is 24.6 Å². The molecular formula is C16H17FN2O3. The van der Waals surface area contributed by atoms with Crippen LogP contribution in [0.1, 0.15) is 11.3 Å². The molecule has 0 saturated heterocycles. The molecule has 1 heterocycles. The molecule has 116 valence electrons. The van der Waals surface area contributed by atoms with Crippen LogP contribution in [0.25, 0.3) is 0 Å². The van der Waals surface area contributed by atoms with Gasteiger partial charge in [0.05, 0.1) is 5.69 Å². The lowest BCUT2D eigenvalue weighted by Crippen LogP contribution is -2.29. The molecule has 0 aliphatic carbocycles. The van der Waals surface area contributed by atoms with Crippen molar-refractivity contribution in [1.82, 2.24) is 9.88 Å². The molecule has 0 spiro atoms. The maximum Gasteiger partial charge on any atom is 0.258 e. The third-order valence-corrected chi connectivity index (χ3v) is 3.26. The van der Waals surface area contributed by atoms with Gasteiger partial charge >= 0.3 is 0 Å². The minimum Gasteiger partial charge on any atom is -0.478 e. The number of rotatable bonds is 5. The third-order valence-electron chi connectivity index (χ3n) is 3.26. The summed E-state index contributed by atoms with van der Waals surface area (Å²) >= 11 is 0. The molecule has 0 aliphatic heterocycles. The van der Waals surface area contributed by atoms with E-state index in [1.165, 1.54) is 18.2 Å². The smallest absolute Gasteiger partial charge is 0.258 e. The van der Waals surface area contributed by atoms with Crippen LogP contribution in [0.3, 0.4) is 0 Å². The van der Waals surface area contributed by atoms with Crippen molar-refractivity contribution in [3.05, 3.63) is 63.8 Å². The first kappa shape index (κ1) is 15.8. The van der Waals surface area contributed by atoms with Crippen molar-refractivity contribution in [1.29, 1.82) is 0 Å². The Morgan fingerprint density at radius 3 is 2.86 bits per heavy atom. The number of aryl methyl sites for hydroxylation is 1. The number of benzene rings is 1. The molecule has 0 aliphatic rings. The molecule has 22 heavy (non-hydrogen) atoms. The maximum atomic E-state index is 13.0. The van der Waals surface area contributed by atoms with Crippen LogP contribution < -0.4 is 15.5 Å². The highest BCUT2D eigenvalue weighted by atomic mass is 19.1. The third kappa shape index (κ3) is 3.94. The van der Waals surface area contributed by atoms with Crippen LogP contribution in [0.4, 0.5) is 4.39 Å². The van der Waals surface area contributed by atoms with Gasteiger partial charge in [-0.2, -0.15) is 0 Å². The van der Waals surface area contributed by atoms with Crippen molar-refractivity contribution in [3.8, 4) is 5.75 Å². The Morgan fingerprint density at radius 2 is 2.14 bits per heavy atom. The molecular weight excluding hydrogens is 287 g/mol. The van der Waals surface area contributed by atoms with Crippen LogP contribution >= 0.6 is 0 Å². The van der Waals surface area contributed by atoms with Gasteiger partial charge in [-0.3, -0.25) is 9.59 Å². The molecule has 0 atom stereocenters. The molecule has 0 unspecified atom stereocenters. The SMILES string of the molecule is Cc1c(OCC(=O)NCc2cccc(F)c2)c(=O)ccn1C. The van der Waals surface area contributed by atoms with E-state index in [1.54, 1.807) is 36.9 Å². The average molecular weight is 304 g/mol. The predicted molar refractivity (Wildman–Crippen MR) is 80.2 cm³/mol. The number of carbonyl (C=O) groups excluding carboxylic acids is 1. The van der Waals surface area contributed by atoms with Crippen molar-refractivity contribution >= 4 is 5.91 Å². The summed E-state index contributed by atoms with van der Waals surface area (Å²) in [5, 5.41) is 2.61. The average Bonchev–Trinajstić information content (AvgIpc) is 2.49. The lowest BCUT2D eigenvalue weighted by atomic mass is 10.2. The summed E-state index contributed by atoms with van der Waals surface area (Å²) in [5.41, 5.74) is 1.03. The zero-order chi connectivity index (χ0) is 16.1. The van der Waals surface area contributed by atoms with Crippen LogP contribution in [0.15, 0.2) is 41.3 Å². The molecule has 0 radical (unpaired) electrons. The number of aromatic nitrogens is 1. The topological polar surface area (TPSA) is 60.3 Å². The number of halogens is 1. The van der Waals surface area contributed by atoms with Gasteiger partial charge in [0.1, 0.15) is 5.82 Å². The molecule has 1 N–H and O–H groups in total. The van der Waals surface area contributed by atoms with Crippen molar-refractivity contribution in [3.63, 3.8) is 0 Å². The largest absolute Gasteiger partial charge is 0.478 e. The highest BCUT2D eigenvalue weighted by Crippen LogP contribution is 2.10. The molecule has 0 fully saturated rings. The number of pyridine rings is 1. The number of amides is 1. The van der Waals surface area contributed by atoms with Crippen LogP contribution in [-0.2, 0) is 18.4 Å². The van der Waals surface area contributed by atoms with E-state index in [-0.39, 0.29) is 36.1 Å². The molecule has 0 bridgehead atoms. The van der Waals surface area contributed by atoms with E-state index in [9.17, 15) is 14.0 Å². The van der Waals surface area contributed by atoms with Gasteiger partial charge in [0, 0.05) is 25.9 Å². The first-order valence-corrected chi connectivity index (χ1v) is 6.77. The minimum atomic E-state index is -0.380. The van der Waals surface area contributed by atoms with E-state index in [0.29, 0.717) is 11.3 Å². The lowest BCUT2D eigenvalue weighted by molar-refractivity contribution is -0.123. The summed E-state index contributed by atoms with van der Waals surface area (Å²) in [7, 11) is 1.78. The number of hydrogen-bond acceptors (Lipinski definition) is 3. The summed E-state index contributed by atoms with van der Waals surface area (Å²) in [6, 6.07) is 7.35. The Bertz CT molecular complexity index is 740. The molecule has 2 rings (SSSR count). The van der Waals surface area contributed by atoms with Gasteiger partial charge in [0.25, 0.3) is 5.91 Å². The fourth-order valence-electron chi connectivity index (χ4n) is 1.92. The summed E-state index contributed by atoms with van der Waals surface area (Å²) in [5.74, 6) is -0.577. The van der Waals surface area contributed by atoms with Gasteiger partial charge in [-0.15, -0.1) is 0 Å². The monoisotopic (exact) mass is 304 g/mol. The van der Waals surface area contributed by atoms with Gasteiger partial charge < -0.3 is 14.6 Å². The Labute approximate surface area is 127 Å². The summed E-state index contributed by atoms with van der Waals surface area (Å²) < 4.78 is 20.1. The van der Waals surface area contributed by atoms with Crippen molar-refractivity contribution < 1.29 is 13.9 Å². The first-order valence-electron chi connectivity index (χ1n) is 6.77. The van der Waals surface area contributed by atoms with Crippen LogP contribution in [0.5, 0.6) is 5.75 Å².